The first kappa shape index (κ1) is 35.8. The van der Waals surface area contributed by atoms with Gasteiger partial charge in [0.1, 0.15) is 35.7 Å². The van der Waals surface area contributed by atoms with Crippen LogP contribution >= 0.6 is 19.3 Å². The van der Waals surface area contributed by atoms with Crippen molar-refractivity contribution in [2.45, 2.75) is 68.5 Å². The van der Waals surface area contributed by atoms with E-state index < -0.39 is 73.8 Å². The fraction of sp³-hybridized carbons (Fsp3) is 0.400. The van der Waals surface area contributed by atoms with E-state index in [0.717, 1.165) is 12.4 Å². The molecule has 2 aromatic carbocycles. The van der Waals surface area contributed by atoms with Crippen LogP contribution in [-0.2, 0) is 36.1 Å². The lowest BCUT2D eigenvalue weighted by molar-refractivity contribution is -0.157. The number of hydrogen-bond donors (Lipinski definition) is 5. The number of esters is 1. The maximum absolute atomic E-state index is 14.4. The molecule has 20 heteroatoms. The Morgan fingerprint density at radius 3 is 2.60 bits per heavy atom. The summed E-state index contributed by atoms with van der Waals surface area (Å²) in [6.45, 7) is -0.142. The number of H-pyrrole nitrogens is 1. The number of nitrogen functional groups attached to an aromatic ring is 1. The third-order valence-electron chi connectivity index (χ3n) is 8.54. The highest BCUT2D eigenvalue weighted by Gasteiger charge is 2.56. The van der Waals surface area contributed by atoms with E-state index in [9.17, 15) is 37.5 Å². The molecule has 6 N–H and O–H groups in total. The van der Waals surface area contributed by atoms with E-state index in [2.05, 4.69) is 20.0 Å². The van der Waals surface area contributed by atoms with Crippen LogP contribution in [0.15, 0.2) is 59.7 Å². The summed E-state index contributed by atoms with van der Waals surface area (Å²) in [5.74, 6) is -1.22. The minimum absolute atomic E-state index is 0.00344. The van der Waals surface area contributed by atoms with Gasteiger partial charge in [-0.1, -0.05) is 29.8 Å². The van der Waals surface area contributed by atoms with Crippen molar-refractivity contribution in [2.24, 2.45) is 0 Å². The second-order valence-electron chi connectivity index (χ2n) is 12.1. The Bertz CT molecular complexity index is 2000. The molecule has 2 fully saturated rings. The Morgan fingerprint density at radius 1 is 1.24 bits per heavy atom. The smallest absolute Gasteiger partial charge is 0.459 e. The number of nitrogens with zero attached hydrogens (tertiary/aromatic N) is 3. The maximum atomic E-state index is 14.4. The number of anilines is 1. The van der Waals surface area contributed by atoms with Gasteiger partial charge in [0.25, 0.3) is 5.56 Å². The highest BCUT2D eigenvalue weighted by molar-refractivity contribution is 7.52. The number of nitrogens with two attached hydrogens (primary N) is 1. The number of aliphatic hydroxyl groups is 2. The molecular weight excluding hydrogens is 712 g/mol. The van der Waals surface area contributed by atoms with Gasteiger partial charge in [-0.3, -0.25) is 23.7 Å². The first-order valence-electron chi connectivity index (χ1n) is 15.1. The minimum atomic E-state index is -4.69. The summed E-state index contributed by atoms with van der Waals surface area (Å²) in [7, 11) is -4.62. The van der Waals surface area contributed by atoms with E-state index in [4.69, 9.17) is 35.9 Å². The van der Waals surface area contributed by atoms with E-state index in [1.165, 1.54) is 54.0 Å². The average Bonchev–Trinajstić information content (AvgIpc) is 3.55. The molecule has 3 heterocycles. The largest absolute Gasteiger partial charge is 0.459 e. The van der Waals surface area contributed by atoms with Crippen LogP contribution in [0, 0.1) is 0 Å². The van der Waals surface area contributed by atoms with Crippen LogP contribution in [0.5, 0.6) is 5.75 Å². The number of hydrogen-bond acceptors (Lipinski definition) is 12. The van der Waals surface area contributed by atoms with Gasteiger partial charge in [0, 0.05) is 10.6 Å². The topological polar surface area (TPSA) is 213 Å². The van der Waals surface area contributed by atoms with Crippen LogP contribution < -0.4 is 20.9 Å². The maximum Gasteiger partial charge on any atom is 0.459 e. The zero-order valence-corrected chi connectivity index (χ0v) is 27.7. The number of carbonyl (C=O) groups excluding carboxylic acids is 1. The fourth-order valence-electron chi connectivity index (χ4n) is 5.74. The van der Waals surface area contributed by atoms with E-state index in [0.29, 0.717) is 11.4 Å². The number of imidazole rings is 1. The highest BCUT2D eigenvalue weighted by Crippen LogP contribution is 2.51. The molecule has 268 valence electrons. The standard InChI is InChI=1S/C30H31ClF3N6O9P/c1-28(44)22(41)20(48-25(28)40-15-36-21-23(40)37-27(35)38-24(21)42)14-47-50(45,49-18-9-7-17(31)8-10-18)39-29(11-4-12-29)26(43)46-13-16-5-2-3-6-19(16)30(32,33)34/h2-3,5-10,15,20,22,25,41,44H,4,11-14H2,1H3,(H,39,45)(H3,35,37,38,42)/t20?,22-,25?,28-,50?/m1/s1. The van der Waals surface area contributed by atoms with E-state index in [1.807, 2.05) is 0 Å². The number of fused-ring (bicyclic) bond motifs is 1. The van der Waals surface area contributed by atoms with Crippen molar-refractivity contribution in [3.05, 3.63) is 81.4 Å². The van der Waals surface area contributed by atoms with Crippen molar-refractivity contribution in [2.75, 3.05) is 12.3 Å². The van der Waals surface area contributed by atoms with Crippen molar-refractivity contribution in [3.63, 3.8) is 0 Å². The van der Waals surface area contributed by atoms with Gasteiger partial charge < -0.3 is 29.9 Å². The summed E-state index contributed by atoms with van der Waals surface area (Å²) in [5, 5.41) is 25.4. The molecule has 1 aliphatic heterocycles. The molecular formula is C30H31ClF3N6O9P. The van der Waals surface area contributed by atoms with Gasteiger partial charge in [0.15, 0.2) is 17.4 Å². The SMILES string of the molecule is C[C@]1(O)C(n2cnc3c(=O)[nH]c(N)nc32)OC(COP(=O)(NC2(C(=O)OCc3ccccc3C(F)(F)F)CCC2)Oc2ccc(Cl)cc2)[C@H]1O. The zero-order chi connectivity index (χ0) is 36.1. The second-order valence-corrected chi connectivity index (χ2v) is 14.2. The Kier molecular flexibility index (Phi) is 9.49. The third kappa shape index (κ3) is 6.96. The normalized spacial score (nSPS) is 24.4. The van der Waals surface area contributed by atoms with E-state index in [-0.39, 0.29) is 41.3 Å². The predicted octanol–water partition coefficient (Wildman–Crippen LogP) is 3.84. The van der Waals surface area contributed by atoms with Crippen LogP contribution in [0.2, 0.25) is 5.02 Å². The van der Waals surface area contributed by atoms with Gasteiger partial charge in [0.05, 0.1) is 18.5 Å². The molecule has 15 nitrogen and oxygen atoms in total. The average molecular weight is 743 g/mol. The molecule has 0 amide bonds. The lowest BCUT2D eigenvalue weighted by atomic mass is 9.78. The molecule has 4 aromatic rings. The summed E-state index contributed by atoms with van der Waals surface area (Å²) in [5.41, 5.74) is -0.0895. The predicted molar refractivity (Wildman–Crippen MR) is 170 cm³/mol. The van der Waals surface area contributed by atoms with Crippen molar-refractivity contribution >= 4 is 42.4 Å². The van der Waals surface area contributed by atoms with E-state index >= 15 is 0 Å². The Morgan fingerprint density at radius 2 is 1.94 bits per heavy atom. The minimum Gasteiger partial charge on any atom is -0.459 e. The monoisotopic (exact) mass is 742 g/mol. The van der Waals surface area contributed by atoms with Gasteiger partial charge in [-0.25, -0.2) is 9.55 Å². The van der Waals surface area contributed by atoms with Gasteiger partial charge in [-0.15, -0.1) is 0 Å². The number of aromatic amines is 1. The number of benzene rings is 2. The first-order valence-corrected chi connectivity index (χ1v) is 17.0. The number of halogens is 4. The third-order valence-corrected chi connectivity index (χ3v) is 10.4. The lowest BCUT2D eigenvalue weighted by Gasteiger charge is -2.41. The van der Waals surface area contributed by atoms with Gasteiger partial charge in [0.2, 0.25) is 5.95 Å². The van der Waals surface area contributed by atoms with Crippen molar-refractivity contribution in [1.29, 1.82) is 0 Å². The molecule has 1 aliphatic carbocycles. The summed E-state index contributed by atoms with van der Waals surface area (Å²) in [6, 6.07) is 10.3. The Balaban J connectivity index is 1.23. The summed E-state index contributed by atoms with van der Waals surface area (Å²) >= 11 is 5.98. The van der Waals surface area contributed by atoms with E-state index in [1.54, 1.807) is 0 Å². The van der Waals surface area contributed by atoms with Crippen LogP contribution in [0.4, 0.5) is 19.1 Å². The van der Waals surface area contributed by atoms with Crippen molar-refractivity contribution < 1.29 is 51.3 Å². The number of aliphatic hydroxyl groups excluding tert-OH is 1. The molecule has 1 saturated carbocycles. The number of nitrogens with one attached hydrogen (secondary N) is 2. The molecule has 2 aromatic heterocycles. The van der Waals surface area contributed by atoms with Crippen LogP contribution in [0.25, 0.3) is 11.2 Å². The second kappa shape index (κ2) is 13.3. The molecule has 0 radical (unpaired) electrons. The Hall–Kier alpha value is -4.03. The van der Waals surface area contributed by atoms with Crippen molar-refractivity contribution in [1.82, 2.24) is 24.6 Å². The fourth-order valence-corrected chi connectivity index (χ4v) is 7.61. The molecule has 0 spiro atoms. The van der Waals surface area contributed by atoms with Crippen LogP contribution in [0.3, 0.4) is 0 Å². The summed E-state index contributed by atoms with van der Waals surface area (Å²) in [4.78, 5) is 36.1. The molecule has 6 rings (SSSR count). The molecule has 0 bridgehead atoms. The highest BCUT2D eigenvalue weighted by atomic mass is 35.5. The molecule has 5 atom stereocenters. The van der Waals surface area contributed by atoms with Crippen molar-refractivity contribution in [3.8, 4) is 5.75 Å². The number of ether oxygens (including phenoxy) is 2. The number of carbonyl (C=O) groups is 1. The zero-order valence-electron chi connectivity index (χ0n) is 26.1. The molecule has 2 aliphatic rings. The Labute approximate surface area is 286 Å². The quantitative estimate of drug-likeness (QED) is 0.109. The van der Waals surface area contributed by atoms with Crippen LogP contribution in [-0.4, -0.2) is 65.7 Å². The molecule has 50 heavy (non-hydrogen) atoms. The van der Waals surface area contributed by atoms with Gasteiger partial charge in [-0.2, -0.15) is 23.2 Å². The molecule has 3 unspecified atom stereocenters. The van der Waals surface area contributed by atoms with Gasteiger partial charge in [-0.05, 0) is 56.5 Å². The molecule has 1 saturated heterocycles. The van der Waals surface area contributed by atoms with Gasteiger partial charge >= 0.3 is 19.9 Å². The number of rotatable bonds is 11. The number of alkyl halides is 3. The summed E-state index contributed by atoms with van der Waals surface area (Å²) < 4.78 is 78.9. The lowest BCUT2D eigenvalue weighted by Crippen LogP contribution is -2.57. The summed E-state index contributed by atoms with van der Waals surface area (Å²) in [6.07, 6.45) is -7.34. The van der Waals surface area contributed by atoms with Crippen LogP contribution in [0.1, 0.15) is 43.5 Å². The first-order chi connectivity index (χ1) is 23.5. The number of aromatic nitrogens is 4.